The Kier molecular flexibility index (Phi) is 4.14. The molecule has 0 radical (unpaired) electrons. The Hall–Kier alpha value is -1.91. The van der Waals surface area contributed by atoms with Crippen LogP contribution in [-0.2, 0) is 6.42 Å². The van der Waals surface area contributed by atoms with Crippen LogP contribution in [0.15, 0.2) is 36.4 Å². The third kappa shape index (κ3) is 2.98. The summed E-state index contributed by atoms with van der Waals surface area (Å²) < 4.78 is 5.91. The number of nitrogens with one attached hydrogen (secondary N) is 1. The standard InChI is InChI=1S/C16H13Cl2NO3/c17-10-4-5-14(18)13(7-10)12-3-1-2-9-6-11(22-15(9)12)8-19-16(20)21/h1-5,7,11,19H,6,8H2,(H,20,21). The number of hydrogen-bond donors (Lipinski definition) is 2. The molecule has 0 spiro atoms. The number of carboxylic acid groups (broad SMARTS) is 1. The summed E-state index contributed by atoms with van der Waals surface area (Å²) in [5.41, 5.74) is 2.70. The molecule has 6 heteroatoms. The van der Waals surface area contributed by atoms with Crippen molar-refractivity contribution in [1.82, 2.24) is 5.32 Å². The topological polar surface area (TPSA) is 58.6 Å². The Balaban J connectivity index is 1.93. The highest BCUT2D eigenvalue weighted by Crippen LogP contribution is 2.41. The van der Waals surface area contributed by atoms with Crippen molar-refractivity contribution in [2.24, 2.45) is 0 Å². The first-order valence-corrected chi connectivity index (χ1v) is 7.51. The minimum atomic E-state index is -1.06. The van der Waals surface area contributed by atoms with Crippen LogP contribution in [0.3, 0.4) is 0 Å². The van der Waals surface area contributed by atoms with Gasteiger partial charge in [0.15, 0.2) is 0 Å². The molecule has 1 unspecified atom stereocenters. The van der Waals surface area contributed by atoms with Crippen LogP contribution in [0.4, 0.5) is 4.79 Å². The van der Waals surface area contributed by atoms with E-state index in [9.17, 15) is 4.79 Å². The number of hydrogen-bond acceptors (Lipinski definition) is 2. The van der Waals surface area contributed by atoms with Gasteiger partial charge in [-0.25, -0.2) is 4.79 Å². The number of para-hydroxylation sites is 1. The SMILES string of the molecule is O=C(O)NCC1Cc2cccc(-c3cc(Cl)ccc3Cl)c2O1. The average molecular weight is 338 g/mol. The van der Waals surface area contributed by atoms with E-state index in [1.165, 1.54) is 0 Å². The molecule has 0 saturated heterocycles. The van der Waals surface area contributed by atoms with Crippen molar-refractivity contribution < 1.29 is 14.6 Å². The van der Waals surface area contributed by atoms with Gasteiger partial charge in [0.05, 0.1) is 6.54 Å². The second kappa shape index (κ2) is 6.07. The summed E-state index contributed by atoms with van der Waals surface area (Å²) in [6.45, 7) is 0.243. The summed E-state index contributed by atoms with van der Waals surface area (Å²) in [6.07, 6.45) is -0.621. The molecule has 1 atom stereocenters. The summed E-state index contributed by atoms with van der Waals surface area (Å²) in [4.78, 5) is 10.6. The summed E-state index contributed by atoms with van der Waals surface area (Å²) in [7, 11) is 0. The van der Waals surface area contributed by atoms with E-state index < -0.39 is 6.09 Å². The normalized spacial score (nSPS) is 16.0. The number of benzene rings is 2. The number of ether oxygens (including phenoxy) is 1. The highest BCUT2D eigenvalue weighted by Gasteiger charge is 2.26. The van der Waals surface area contributed by atoms with Gasteiger partial charge in [0.25, 0.3) is 0 Å². The summed E-state index contributed by atoms with van der Waals surface area (Å²) in [5.74, 6) is 0.740. The molecule has 1 aliphatic rings. The number of halogens is 2. The molecule has 2 aromatic carbocycles. The molecule has 1 aliphatic heterocycles. The van der Waals surface area contributed by atoms with E-state index in [-0.39, 0.29) is 12.6 Å². The largest absolute Gasteiger partial charge is 0.487 e. The predicted octanol–water partition coefficient (Wildman–Crippen LogP) is 4.23. The average Bonchev–Trinajstić information content (AvgIpc) is 2.90. The number of carbonyl (C=O) groups is 1. The quantitative estimate of drug-likeness (QED) is 0.880. The van der Waals surface area contributed by atoms with Crippen molar-refractivity contribution in [3.63, 3.8) is 0 Å². The van der Waals surface area contributed by atoms with E-state index in [4.69, 9.17) is 33.0 Å². The van der Waals surface area contributed by atoms with Gasteiger partial charge < -0.3 is 15.2 Å². The third-order valence-electron chi connectivity index (χ3n) is 3.53. The molecule has 0 aromatic heterocycles. The molecule has 1 amide bonds. The molecule has 114 valence electrons. The molecular weight excluding hydrogens is 325 g/mol. The first-order valence-electron chi connectivity index (χ1n) is 6.75. The maximum absolute atomic E-state index is 10.6. The summed E-state index contributed by atoms with van der Waals surface area (Å²) >= 11 is 12.3. The Morgan fingerprint density at radius 2 is 2.09 bits per heavy atom. The molecule has 0 saturated carbocycles. The van der Waals surface area contributed by atoms with E-state index in [0.29, 0.717) is 16.5 Å². The first-order chi connectivity index (χ1) is 10.5. The first kappa shape index (κ1) is 15.0. The lowest BCUT2D eigenvalue weighted by Gasteiger charge is -2.13. The van der Waals surface area contributed by atoms with E-state index in [0.717, 1.165) is 22.4 Å². The molecular formula is C16H13Cl2NO3. The maximum atomic E-state index is 10.6. The van der Waals surface area contributed by atoms with Crippen molar-refractivity contribution in [2.45, 2.75) is 12.5 Å². The minimum Gasteiger partial charge on any atom is -0.487 e. The molecule has 4 nitrogen and oxygen atoms in total. The lowest BCUT2D eigenvalue weighted by molar-refractivity contribution is 0.181. The third-order valence-corrected chi connectivity index (χ3v) is 4.09. The molecule has 0 aliphatic carbocycles. The zero-order chi connectivity index (χ0) is 15.7. The number of fused-ring (bicyclic) bond motifs is 1. The highest BCUT2D eigenvalue weighted by molar-refractivity contribution is 6.35. The van der Waals surface area contributed by atoms with Crippen LogP contribution in [0.2, 0.25) is 10.0 Å². The molecule has 0 bridgehead atoms. The van der Waals surface area contributed by atoms with Crippen LogP contribution < -0.4 is 10.1 Å². The Morgan fingerprint density at radius 3 is 2.86 bits per heavy atom. The molecule has 0 fully saturated rings. The van der Waals surface area contributed by atoms with Gasteiger partial charge in [0, 0.05) is 27.6 Å². The fourth-order valence-corrected chi connectivity index (χ4v) is 2.96. The zero-order valence-corrected chi connectivity index (χ0v) is 13.0. The summed E-state index contributed by atoms with van der Waals surface area (Å²) in [5, 5.41) is 12.2. The monoisotopic (exact) mass is 337 g/mol. The van der Waals surface area contributed by atoms with Crippen LogP contribution in [0.1, 0.15) is 5.56 Å². The summed E-state index contributed by atoms with van der Waals surface area (Å²) in [6, 6.07) is 11.1. The van der Waals surface area contributed by atoms with Crippen LogP contribution >= 0.6 is 23.2 Å². The van der Waals surface area contributed by atoms with Crippen LogP contribution in [0.5, 0.6) is 5.75 Å². The Morgan fingerprint density at radius 1 is 1.27 bits per heavy atom. The van der Waals surface area contributed by atoms with E-state index in [1.54, 1.807) is 18.2 Å². The number of rotatable bonds is 3. The van der Waals surface area contributed by atoms with Crippen molar-refractivity contribution >= 4 is 29.3 Å². The number of amides is 1. The Labute approximate surface area is 137 Å². The van der Waals surface area contributed by atoms with Gasteiger partial charge in [-0.3, -0.25) is 0 Å². The molecule has 1 heterocycles. The highest BCUT2D eigenvalue weighted by atomic mass is 35.5. The van der Waals surface area contributed by atoms with Crippen molar-refractivity contribution in [2.75, 3.05) is 6.54 Å². The zero-order valence-electron chi connectivity index (χ0n) is 11.5. The van der Waals surface area contributed by atoms with E-state index in [2.05, 4.69) is 5.32 Å². The van der Waals surface area contributed by atoms with Gasteiger partial charge in [0.1, 0.15) is 11.9 Å². The predicted molar refractivity (Wildman–Crippen MR) is 86.0 cm³/mol. The van der Waals surface area contributed by atoms with E-state index in [1.807, 2.05) is 18.2 Å². The minimum absolute atomic E-state index is 0.217. The van der Waals surface area contributed by atoms with Gasteiger partial charge in [-0.2, -0.15) is 0 Å². The van der Waals surface area contributed by atoms with Gasteiger partial charge in [-0.1, -0.05) is 41.4 Å². The fraction of sp³-hybridized carbons (Fsp3) is 0.188. The second-order valence-electron chi connectivity index (χ2n) is 5.05. The molecule has 2 N–H and O–H groups in total. The molecule has 2 aromatic rings. The van der Waals surface area contributed by atoms with Gasteiger partial charge in [0.2, 0.25) is 0 Å². The van der Waals surface area contributed by atoms with Crippen molar-refractivity contribution in [3.8, 4) is 16.9 Å². The maximum Gasteiger partial charge on any atom is 0.404 e. The van der Waals surface area contributed by atoms with Gasteiger partial charge in [-0.05, 0) is 23.8 Å². The lowest BCUT2D eigenvalue weighted by atomic mass is 10.0. The second-order valence-corrected chi connectivity index (χ2v) is 5.89. The smallest absolute Gasteiger partial charge is 0.404 e. The van der Waals surface area contributed by atoms with E-state index >= 15 is 0 Å². The van der Waals surface area contributed by atoms with Crippen LogP contribution in [0.25, 0.3) is 11.1 Å². The lowest BCUT2D eigenvalue weighted by Crippen LogP contribution is -2.33. The van der Waals surface area contributed by atoms with Crippen molar-refractivity contribution in [3.05, 3.63) is 52.0 Å². The van der Waals surface area contributed by atoms with Gasteiger partial charge in [-0.15, -0.1) is 0 Å². The van der Waals surface area contributed by atoms with Gasteiger partial charge >= 0.3 is 6.09 Å². The van der Waals surface area contributed by atoms with Crippen LogP contribution in [-0.4, -0.2) is 23.8 Å². The molecule has 22 heavy (non-hydrogen) atoms. The fourth-order valence-electron chi connectivity index (χ4n) is 2.57. The molecule has 3 rings (SSSR count). The van der Waals surface area contributed by atoms with Crippen molar-refractivity contribution in [1.29, 1.82) is 0 Å². The Bertz CT molecular complexity index is 733. The van der Waals surface area contributed by atoms with Crippen LogP contribution in [0, 0.1) is 0 Å².